The molecule has 0 unspecified atom stereocenters. The molecule has 0 aliphatic carbocycles. The van der Waals surface area contributed by atoms with Gasteiger partial charge in [0.05, 0.1) is 22.3 Å². The highest BCUT2D eigenvalue weighted by Gasteiger charge is 2.27. The Balaban J connectivity index is 1.96. The molecule has 2 aromatic rings. The largest absolute Gasteiger partial charge is 0.393 e. The fourth-order valence-corrected chi connectivity index (χ4v) is 4.93. The van der Waals surface area contributed by atoms with Crippen LogP contribution in [0.15, 0.2) is 41.3 Å². The van der Waals surface area contributed by atoms with Gasteiger partial charge in [0.25, 0.3) is 15.9 Å². The number of benzene rings is 2. The van der Waals surface area contributed by atoms with Crippen molar-refractivity contribution in [3.63, 3.8) is 0 Å². The third-order valence-electron chi connectivity index (χ3n) is 4.93. The zero-order valence-corrected chi connectivity index (χ0v) is 17.3. The Morgan fingerprint density at radius 2 is 1.82 bits per heavy atom. The number of aliphatic hydroxyl groups is 1. The Kier molecular flexibility index (Phi) is 5.98. The van der Waals surface area contributed by atoms with Crippen molar-refractivity contribution in [2.45, 2.75) is 37.7 Å². The van der Waals surface area contributed by atoms with Gasteiger partial charge < -0.3 is 10.0 Å². The summed E-state index contributed by atoms with van der Waals surface area (Å²) < 4.78 is 28.6. The monoisotopic (exact) mass is 422 g/mol. The van der Waals surface area contributed by atoms with Gasteiger partial charge in [0.15, 0.2) is 0 Å². The molecular formula is C20H23ClN2O4S. The molecule has 28 heavy (non-hydrogen) atoms. The number of carbonyl (C=O) groups is 1. The van der Waals surface area contributed by atoms with Crippen LogP contribution in [0.1, 0.15) is 34.3 Å². The van der Waals surface area contributed by atoms with Crippen LogP contribution in [-0.2, 0) is 10.0 Å². The molecule has 1 aliphatic heterocycles. The van der Waals surface area contributed by atoms with Crippen molar-refractivity contribution in [1.82, 2.24) is 4.90 Å². The first-order valence-electron chi connectivity index (χ1n) is 9.05. The molecule has 1 fully saturated rings. The molecule has 1 heterocycles. The van der Waals surface area contributed by atoms with Crippen LogP contribution >= 0.6 is 11.6 Å². The SMILES string of the molecule is Cc1ccc(Cl)cc1S(=O)(=O)Nc1c(C)cccc1C(=O)N1CCC(O)CC1. The summed E-state index contributed by atoms with van der Waals surface area (Å²) in [6, 6.07) is 9.75. The number of nitrogens with one attached hydrogen (secondary N) is 1. The van der Waals surface area contributed by atoms with Crippen LogP contribution in [0.3, 0.4) is 0 Å². The van der Waals surface area contributed by atoms with Crippen LogP contribution in [0.5, 0.6) is 0 Å². The van der Waals surface area contributed by atoms with Gasteiger partial charge >= 0.3 is 0 Å². The smallest absolute Gasteiger partial charge is 0.262 e. The molecule has 0 saturated carbocycles. The van der Waals surface area contributed by atoms with Gasteiger partial charge in [-0.05, 0) is 56.0 Å². The summed E-state index contributed by atoms with van der Waals surface area (Å²) in [6.45, 7) is 4.31. The van der Waals surface area contributed by atoms with Gasteiger partial charge in [0.2, 0.25) is 0 Å². The second-order valence-electron chi connectivity index (χ2n) is 7.04. The zero-order valence-electron chi connectivity index (χ0n) is 15.8. The van der Waals surface area contributed by atoms with E-state index in [0.717, 1.165) is 0 Å². The van der Waals surface area contributed by atoms with Crippen LogP contribution in [0.2, 0.25) is 5.02 Å². The van der Waals surface area contributed by atoms with Crippen molar-refractivity contribution in [3.8, 4) is 0 Å². The van der Waals surface area contributed by atoms with Gasteiger partial charge in [-0.25, -0.2) is 8.42 Å². The topological polar surface area (TPSA) is 86.7 Å². The van der Waals surface area contributed by atoms with Crippen molar-refractivity contribution in [3.05, 3.63) is 58.1 Å². The number of sulfonamides is 1. The highest BCUT2D eigenvalue weighted by Crippen LogP contribution is 2.28. The van der Waals surface area contributed by atoms with Crippen molar-refractivity contribution < 1.29 is 18.3 Å². The molecule has 0 atom stereocenters. The standard InChI is InChI=1S/C20H23ClN2O4S/c1-13-6-7-15(21)12-18(13)28(26,27)22-19-14(2)4-3-5-17(19)20(25)23-10-8-16(24)9-11-23/h3-7,12,16,22,24H,8-11H2,1-2H3. The van der Waals surface area contributed by atoms with Gasteiger partial charge in [0.1, 0.15) is 0 Å². The number of aliphatic hydroxyl groups excluding tert-OH is 1. The van der Waals surface area contributed by atoms with Crippen LogP contribution < -0.4 is 4.72 Å². The lowest BCUT2D eigenvalue weighted by atomic mass is 10.0. The van der Waals surface area contributed by atoms with Gasteiger partial charge in [-0.1, -0.05) is 29.8 Å². The summed E-state index contributed by atoms with van der Waals surface area (Å²) in [6.07, 6.45) is 0.631. The third kappa shape index (κ3) is 4.32. The number of carbonyl (C=O) groups excluding carboxylic acids is 1. The summed E-state index contributed by atoms with van der Waals surface area (Å²) >= 11 is 5.98. The van der Waals surface area contributed by atoms with Crippen molar-refractivity contribution >= 4 is 33.2 Å². The summed E-state index contributed by atoms with van der Waals surface area (Å²) in [5, 5.41) is 9.98. The predicted octanol–water partition coefficient (Wildman–Crippen LogP) is 3.35. The van der Waals surface area contributed by atoms with E-state index in [9.17, 15) is 18.3 Å². The maximum atomic E-state index is 13.0. The first kappa shape index (κ1) is 20.6. The highest BCUT2D eigenvalue weighted by atomic mass is 35.5. The minimum absolute atomic E-state index is 0.0720. The van der Waals surface area contributed by atoms with E-state index >= 15 is 0 Å². The normalized spacial score (nSPS) is 15.5. The Labute approximate surface area is 170 Å². The Hall–Kier alpha value is -2.09. The summed E-state index contributed by atoms with van der Waals surface area (Å²) in [5.74, 6) is -0.254. The molecular weight excluding hydrogens is 400 g/mol. The van der Waals surface area contributed by atoms with E-state index in [0.29, 0.717) is 47.6 Å². The van der Waals surface area contributed by atoms with E-state index in [1.165, 1.54) is 6.07 Å². The summed E-state index contributed by atoms with van der Waals surface area (Å²) in [7, 11) is -3.93. The molecule has 0 bridgehead atoms. The van der Waals surface area contributed by atoms with Crippen molar-refractivity contribution in [2.75, 3.05) is 17.8 Å². The molecule has 3 rings (SSSR count). The van der Waals surface area contributed by atoms with Crippen molar-refractivity contribution in [1.29, 1.82) is 0 Å². The maximum Gasteiger partial charge on any atom is 0.262 e. The number of anilines is 1. The molecule has 6 nitrogen and oxygen atoms in total. The van der Waals surface area contributed by atoms with E-state index in [-0.39, 0.29) is 16.5 Å². The number of likely N-dealkylation sites (tertiary alicyclic amines) is 1. The number of halogens is 1. The zero-order chi connectivity index (χ0) is 20.5. The van der Waals surface area contributed by atoms with E-state index in [1.54, 1.807) is 49.1 Å². The lowest BCUT2D eigenvalue weighted by molar-refractivity contribution is 0.0547. The number of amides is 1. The van der Waals surface area contributed by atoms with Crippen LogP contribution in [-0.4, -0.2) is 43.5 Å². The number of para-hydroxylation sites is 1. The van der Waals surface area contributed by atoms with Crippen molar-refractivity contribution in [2.24, 2.45) is 0 Å². The average molecular weight is 423 g/mol. The first-order valence-corrected chi connectivity index (χ1v) is 10.9. The fraction of sp³-hybridized carbons (Fsp3) is 0.350. The maximum absolute atomic E-state index is 13.0. The van der Waals surface area contributed by atoms with Crippen LogP contribution in [0, 0.1) is 13.8 Å². The molecule has 0 radical (unpaired) electrons. The molecule has 2 N–H and O–H groups in total. The highest BCUT2D eigenvalue weighted by molar-refractivity contribution is 7.92. The lowest BCUT2D eigenvalue weighted by Crippen LogP contribution is -2.40. The lowest BCUT2D eigenvalue weighted by Gasteiger charge is -2.30. The number of nitrogens with zero attached hydrogens (tertiary/aromatic N) is 1. The number of aryl methyl sites for hydroxylation is 2. The van der Waals surface area contributed by atoms with Gasteiger partial charge in [-0.3, -0.25) is 9.52 Å². The second kappa shape index (κ2) is 8.11. The third-order valence-corrected chi connectivity index (χ3v) is 6.66. The van der Waals surface area contributed by atoms with E-state index < -0.39 is 16.1 Å². The quantitative estimate of drug-likeness (QED) is 0.790. The molecule has 0 spiro atoms. The molecule has 1 aliphatic rings. The van der Waals surface area contributed by atoms with Crippen LogP contribution in [0.4, 0.5) is 5.69 Å². The van der Waals surface area contributed by atoms with Gasteiger partial charge in [0, 0.05) is 18.1 Å². The molecule has 8 heteroatoms. The molecule has 150 valence electrons. The molecule has 0 aromatic heterocycles. The van der Waals surface area contributed by atoms with Crippen LogP contribution in [0.25, 0.3) is 0 Å². The second-order valence-corrected chi connectivity index (χ2v) is 9.12. The van der Waals surface area contributed by atoms with E-state index in [2.05, 4.69) is 4.72 Å². The number of piperidine rings is 1. The minimum Gasteiger partial charge on any atom is -0.393 e. The predicted molar refractivity (Wildman–Crippen MR) is 109 cm³/mol. The van der Waals surface area contributed by atoms with Gasteiger partial charge in [-0.2, -0.15) is 0 Å². The summed E-state index contributed by atoms with van der Waals surface area (Å²) in [5.41, 5.74) is 1.76. The van der Waals surface area contributed by atoms with E-state index in [1.807, 2.05) is 0 Å². The number of hydrogen-bond acceptors (Lipinski definition) is 4. The first-order chi connectivity index (χ1) is 13.2. The minimum atomic E-state index is -3.93. The average Bonchev–Trinajstić information content (AvgIpc) is 2.65. The fourth-order valence-electron chi connectivity index (χ4n) is 3.27. The summed E-state index contributed by atoms with van der Waals surface area (Å²) in [4.78, 5) is 14.7. The number of hydrogen-bond donors (Lipinski definition) is 2. The molecule has 1 saturated heterocycles. The van der Waals surface area contributed by atoms with E-state index in [4.69, 9.17) is 11.6 Å². The molecule has 1 amide bonds. The van der Waals surface area contributed by atoms with Gasteiger partial charge in [-0.15, -0.1) is 0 Å². The Morgan fingerprint density at radius 1 is 1.14 bits per heavy atom. The Bertz CT molecular complexity index is 999. The Morgan fingerprint density at radius 3 is 2.50 bits per heavy atom. The number of rotatable bonds is 4. The molecule has 2 aromatic carbocycles.